The highest BCUT2D eigenvalue weighted by Crippen LogP contribution is 2.46. The fourth-order valence-corrected chi connectivity index (χ4v) is 7.85. The standard InChI is InChI=1S/C46H29N3/c1-3-13-30(14-4-1)44-34-18-8-9-19-35(34)45(42-21-11-12-25-48-42)39-27-31(22-23-36(39)44)38-28-40-41-29-47-26-24-43(41)49(32-15-5-2-6-16-32)46(40)37-20-10-7-17-33(37)38/h1-29H. The maximum absolute atomic E-state index is 4.90. The first-order chi connectivity index (χ1) is 24.3. The zero-order valence-electron chi connectivity index (χ0n) is 26.6. The lowest BCUT2D eigenvalue weighted by molar-refractivity contribution is 1.18. The van der Waals surface area contributed by atoms with E-state index in [1.165, 1.54) is 65.5 Å². The first kappa shape index (κ1) is 27.5. The average Bonchev–Trinajstić information content (AvgIpc) is 3.52. The van der Waals surface area contributed by atoms with Crippen molar-refractivity contribution in [1.29, 1.82) is 0 Å². The first-order valence-electron chi connectivity index (χ1n) is 16.7. The lowest BCUT2D eigenvalue weighted by Gasteiger charge is -2.19. The number of aromatic nitrogens is 3. The minimum Gasteiger partial charge on any atom is -0.309 e. The summed E-state index contributed by atoms with van der Waals surface area (Å²) in [7, 11) is 0. The molecular weight excluding hydrogens is 595 g/mol. The molecule has 10 rings (SSSR count). The van der Waals surface area contributed by atoms with Crippen molar-refractivity contribution in [2.75, 3.05) is 0 Å². The second-order valence-corrected chi connectivity index (χ2v) is 12.6. The van der Waals surface area contributed by atoms with Gasteiger partial charge in [0.1, 0.15) is 0 Å². The van der Waals surface area contributed by atoms with Gasteiger partial charge in [-0.15, -0.1) is 0 Å². The predicted molar refractivity (Wildman–Crippen MR) is 205 cm³/mol. The number of rotatable bonds is 4. The Morgan fingerprint density at radius 3 is 1.86 bits per heavy atom. The molecule has 0 saturated heterocycles. The summed E-state index contributed by atoms with van der Waals surface area (Å²) in [6, 6.07) is 56.7. The Morgan fingerprint density at radius 1 is 0.408 bits per heavy atom. The molecule has 0 saturated carbocycles. The van der Waals surface area contributed by atoms with Crippen molar-refractivity contribution >= 4 is 54.1 Å². The average molecular weight is 624 g/mol. The largest absolute Gasteiger partial charge is 0.309 e. The first-order valence-corrected chi connectivity index (χ1v) is 16.7. The number of pyridine rings is 2. The molecule has 0 atom stereocenters. The van der Waals surface area contributed by atoms with Gasteiger partial charge < -0.3 is 4.57 Å². The van der Waals surface area contributed by atoms with Crippen LogP contribution >= 0.6 is 0 Å². The number of hydrogen-bond acceptors (Lipinski definition) is 2. The van der Waals surface area contributed by atoms with E-state index in [-0.39, 0.29) is 0 Å². The Hall–Kier alpha value is -6.58. The lowest BCUT2D eigenvalue weighted by Crippen LogP contribution is -1.95. The minimum atomic E-state index is 0.970. The van der Waals surface area contributed by atoms with Crippen LogP contribution in [-0.2, 0) is 0 Å². The van der Waals surface area contributed by atoms with E-state index in [0.29, 0.717) is 0 Å². The number of benzene rings is 7. The van der Waals surface area contributed by atoms with E-state index in [2.05, 4.69) is 161 Å². The number of nitrogens with zero attached hydrogens (tertiary/aromatic N) is 3. The van der Waals surface area contributed by atoms with Gasteiger partial charge in [0.05, 0.1) is 16.7 Å². The van der Waals surface area contributed by atoms with Crippen molar-refractivity contribution in [2.24, 2.45) is 0 Å². The van der Waals surface area contributed by atoms with Gasteiger partial charge in [0, 0.05) is 46.0 Å². The molecule has 0 radical (unpaired) electrons. The summed E-state index contributed by atoms with van der Waals surface area (Å²) < 4.78 is 2.39. The molecule has 0 N–H and O–H groups in total. The molecule has 49 heavy (non-hydrogen) atoms. The van der Waals surface area contributed by atoms with Crippen LogP contribution in [0.2, 0.25) is 0 Å². The Balaban J connectivity index is 1.34. The third-order valence-corrected chi connectivity index (χ3v) is 9.90. The molecule has 10 aromatic rings. The van der Waals surface area contributed by atoms with Crippen LogP contribution in [0.5, 0.6) is 0 Å². The van der Waals surface area contributed by atoms with Crippen molar-refractivity contribution in [2.45, 2.75) is 0 Å². The molecule has 0 aliphatic heterocycles. The molecule has 0 spiro atoms. The third-order valence-electron chi connectivity index (χ3n) is 9.90. The molecule has 0 unspecified atom stereocenters. The van der Waals surface area contributed by atoms with Crippen LogP contribution in [-0.4, -0.2) is 14.5 Å². The van der Waals surface area contributed by atoms with Gasteiger partial charge in [-0.25, -0.2) is 0 Å². The van der Waals surface area contributed by atoms with Gasteiger partial charge in [-0.05, 0) is 91.6 Å². The highest BCUT2D eigenvalue weighted by molar-refractivity contribution is 6.24. The van der Waals surface area contributed by atoms with Crippen LogP contribution in [0.1, 0.15) is 0 Å². The van der Waals surface area contributed by atoms with Crippen molar-refractivity contribution in [3.63, 3.8) is 0 Å². The van der Waals surface area contributed by atoms with Crippen molar-refractivity contribution in [3.05, 3.63) is 176 Å². The van der Waals surface area contributed by atoms with Crippen LogP contribution in [0.15, 0.2) is 176 Å². The van der Waals surface area contributed by atoms with Crippen molar-refractivity contribution < 1.29 is 0 Å². The quantitative estimate of drug-likeness (QED) is 0.183. The van der Waals surface area contributed by atoms with Gasteiger partial charge in [0.15, 0.2) is 0 Å². The number of fused-ring (bicyclic) bond motifs is 7. The topological polar surface area (TPSA) is 30.7 Å². The summed E-state index contributed by atoms with van der Waals surface area (Å²) >= 11 is 0. The van der Waals surface area contributed by atoms with Crippen LogP contribution < -0.4 is 0 Å². The molecule has 3 heteroatoms. The molecular formula is C46H29N3. The normalized spacial score (nSPS) is 11.7. The summed E-state index contributed by atoms with van der Waals surface area (Å²) in [4.78, 5) is 9.49. The Bertz CT molecular complexity index is 2850. The maximum atomic E-state index is 4.90. The predicted octanol–water partition coefficient (Wildman–Crippen LogP) is 12.0. The van der Waals surface area contributed by atoms with E-state index in [4.69, 9.17) is 4.98 Å². The molecule has 0 aliphatic rings. The number of hydrogen-bond donors (Lipinski definition) is 0. The molecule has 3 nitrogen and oxygen atoms in total. The molecule has 0 aliphatic carbocycles. The third kappa shape index (κ3) is 4.23. The van der Waals surface area contributed by atoms with E-state index < -0.39 is 0 Å². The zero-order valence-corrected chi connectivity index (χ0v) is 26.6. The van der Waals surface area contributed by atoms with E-state index in [1.54, 1.807) is 0 Å². The molecule has 3 heterocycles. The van der Waals surface area contributed by atoms with Crippen LogP contribution in [0.3, 0.4) is 0 Å². The van der Waals surface area contributed by atoms with Crippen LogP contribution in [0.4, 0.5) is 0 Å². The minimum absolute atomic E-state index is 0.970. The molecule has 0 bridgehead atoms. The Morgan fingerprint density at radius 2 is 1.08 bits per heavy atom. The summed E-state index contributed by atoms with van der Waals surface area (Å²) in [5.74, 6) is 0. The summed E-state index contributed by atoms with van der Waals surface area (Å²) in [5, 5.41) is 9.57. The molecule has 3 aromatic heterocycles. The van der Waals surface area contributed by atoms with Gasteiger partial charge in [-0.3, -0.25) is 9.97 Å². The fraction of sp³-hybridized carbons (Fsp3) is 0. The summed E-state index contributed by atoms with van der Waals surface area (Å²) in [5.41, 5.74) is 10.4. The highest BCUT2D eigenvalue weighted by Gasteiger charge is 2.21. The summed E-state index contributed by atoms with van der Waals surface area (Å²) in [6.07, 6.45) is 5.79. The zero-order chi connectivity index (χ0) is 32.3. The molecule has 0 fully saturated rings. The summed E-state index contributed by atoms with van der Waals surface area (Å²) in [6.45, 7) is 0. The van der Waals surface area contributed by atoms with Crippen molar-refractivity contribution in [3.8, 4) is 39.2 Å². The van der Waals surface area contributed by atoms with Crippen molar-refractivity contribution in [1.82, 2.24) is 14.5 Å². The highest BCUT2D eigenvalue weighted by atomic mass is 15.0. The van der Waals surface area contributed by atoms with Gasteiger partial charge in [-0.1, -0.05) is 115 Å². The van der Waals surface area contributed by atoms with Gasteiger partial charge in [0.2, 0.25) is 0 Å². The van der Waals surface area contributed by atoms with Crippen LogP contribution in [0, 0.1) is 0 Å². The monoisotopic (exact) mass is 623 g/mol. The SMILES string of the molecule is c1ccc(-c2c3ccccc3c(-c3ccccn3)c3cc(-c4cc5c6cnccc6n(-c6ccccc6)c5c5ccccc45)ccc23)cc1. The second-order valence-electron chi connectivity index (χ2n) is 12.6. The van der Waals surface area contributed by atoms with E-state index in [1.807, 2.05) is 24.7 Å². The Labute approximate surface area is 283 Å². The molecule has 228 valence electrons. The van der Waals surface area contributed by atoms with Gasteiger partial charge >= 0.3 is 0 Å². The molecule has 0 amide bonds. The fourth-order valence-electron chi connectivity index (χ4n) is 7.85. The molecule has 7 aromatic carbocycles. The van der Waals surface area contributed by atoms with E-state index in [9.17, 15) is 0 Å². The van der Waals surface area contributed by atoms with Crippen LogP contribution in [0.25, 0.3) is 93.3 Å². The maximum Gasteiger partial charge on any atom is 0.0714 e. The Kier molecular flexibility index (Phi) is 6.18. The second kappa shape index (κ2) is 11.0. The number of para-hydroxylation sites is 1. The lowest BCUT2D eigenvalue weighted by atomic mass is 9.85. The smallest absolute Gasteiger partial charge is 0.0714 e. The van der Waals surface area contributed by atoms with Gasteiger partial charge in [0.25, 0.3) is 0 Å². The van der Waals surface area contributed by atoms with E-state index >= 15 is 0 Å². The van der Waals surface area contributed by atoms with Gasteiger partial charge in [-0.2, -0.15) is 0 Å². The van der Waals surface area contributed by atoms with E-state index in [0.717, 1.165) is 27.8 Å².